The molecule has 104 heavy (non-hydrogen) atoms. The van der Waals surface area contributed by atoms with Gasteiger partial charge in [-0.2, -0.15) is 60.7 Å². The average Bonchev–Trinajstić information content (AvgIpc) is 1.62. The summed E-state index contributed by atoms with van der Waals surface area (Å²) < 4.78 is 25.8. The molecule has 0 fully saturated rings. The van der Waals surface area contributed by atoms with Gasteiger partial charge < -0.3 is 30.1 Å². The molecule has 0 amide bonds. The maximum Gasteiger partial charge on any atom is 2.00 e. The van der Waals surface area contributed by atoms with E-state index in [2.05, 4.69) is 137 Å². The van der Waals surface area contributed by atoms with Crippen LogP contribution in [-0.4, -0.2) is 41.1 Å². The third kappa shape index (κ3) is 22.8. The molecule has 0 saturated carbocycles. The molecule has 1 radical (unpaired) electrons. The summed E-state index contributed by atoms with van der Waals surface area (Å²) in [6.45, 7) is 17.9. The largest absolute Gasteiger partial charge is 2.00 e. The van der Waals surface area contributed by atoms with Crippen LogP contribution in [0.4, 0.5) is 8.78 Å². The number of para-hydroxylation sites is 1. The van der Waals surface area contributed by atoms with Gasteiger partial charge >= 0.3 is 27.0 Å². The van der Waals surface area contributed by atoms with Crippen LogP contribution >= 0.6 is 0 Å². The van der Waals surface area contributed by atoms with Crippen LogP contribution in [0.5, 0.6) is 5.75 Å². The van der Waals surface area contributed by atoms with Gasteiger partial charge in [-0.05, 0) is 121 Å². The van der Waals surface area contributed by atoms with Crippen molar-refractivity contribution in [3.63, 3.8) is 0 Å². The van der Waals surface area contributed by atoms with E-state index in [-0.39, 0.29) is 93.9 Å². The minimum Gasteiger partial charge on any atom is -0.657 e. The Hall–Kier alpha value is -8.81. The fourth-order valence-electron chi connectivity index (χ4n) is 12.0. The van der Waals surface area contributed by atoms with E-state index >= 15 is 0 Å². The zero-order chi connectivity index (χ0) is 70.8. The van der Waals surface area contributed by atoms with Crippen molar-refractivity contribution in [1.29, 1.82) is 0 Å². The van der Waals surface area contributed by atoms with Crippen molar-refractivity contribution in [2.45, 2.75) is 107 Å². The second-order valence-corrected chi connectivity index (χ2v) is 22.9. The predicted molar refractivity (Wildman–Crippen MR) is 401 cm³/mol. The molecule has 2 N–H and O–H groups in total. The third-order valence-electron chi connectivity index (χ3n) is 16.7. The second kappa shape index (κ2) is 44.1. The summed E-state index contributed by atoms with van der Waals surface area (Å²) in [5.74, 6) is -1.95. The van der Waals surface area contributed by atoms with Gasteiger partial charge in [0.1, 0.15) is 11.4 Å². The molecule has 2 aliphatic rings. The van der Waals surface area contributed by atoms with Gasteiger partial charge in [0.2, 0.25) is 0 Å². The molecule has 6 aromatic heterocycles. The Morgan fingerprint density at radius 2 is 0.769 bits per heavy atom. The molecule has 8 heterocycles. The summed E-state index contributed by atoms with van der Waals surface area (Å²) in [6, 6.07) is 80.7. The first kappa shape index (κ1) is 85.8. The number of benzene rings is 6. The van der Waals surface area contributed by atoms with Crippen molar-refractivity contribution in [3.8, 4) is 50.5 Å². The number of nitrogens with zero attached hydrogens (tertiary/aromatic N) is 7. The number of carboxylic acid groups (broad SMARTS) is 1. The Balaban J connectivity index is 0.000000251. The van der Waals surface area contributed by atoms with Crippen LogP contribution < -0.4 is 9.97 Å². The van der Waals surface area contributed by atoms with Crippen LogP contribution in [0.1, 0.15) is 137 Å². The van der Waals surface area contributed by atoms with E-state index < -0.39 is 17.6 Å². The van der Waals surface area contributed by atoms with Gasteiger partial charge in [0.05, 0.1) is 22.8 Å². The smallest absolute Gasteiger partial charge is 0.657 e. The number of carbonyl (C=O) groups is 1. The number of hydrogen-bond donors (Lipinski definition) is 2. The van der Waals surface area contributed by atoms with Gasteiger partial charge in [0, 0.05) is 91.8 Å². The zero-order valence-corrected chi connectivity index (χ0v) is 67.5. The van der Waals surface area contributed by atoms with Crippen LogP contribution in [0.3, 0.4) is 0 Å². The van der Waals surface area contributed by atoms with Crippen molar-refractivity contribution >= 4 is 50.3 Å². The van der Waals surface area contributed by atoms with E-state index in [1.165, 1.54) is 56.8 Å². The first-order chi connectivity index (χ1) is 48.8. The number of halogens is 2. The van der Waals surface area contributed by atoms with Crippen LogP contribution in [0, 0.1) is 42.0 Å². The van der Waals surface area contributed by atoms with Crippen LogP contribution in [0.25, 0.3) is 89.1 Å². The Bertz CT molecular complexity index is 4550. The molecule has 2 aliphatic heterocycles. The average molecular weight is 2010 g/mol. The summed E-state index contributed by atoms with van der Waals surface area (Å²) in [5.41, 5.74) is 26.1. The first-order valence-corrected chi connectivity index (χ1v) is 34.0. The fraction of sp³-hybridized carbons (Fsp3) is 0.182. The Kier molecular flexibility index (Phi) is 36.4. The van der Waals surface area contributed by atoms with E-state index in [0.717, 1.165) is 142 Å². The number of aromatic carboxylic acids is 1. The summed E-state index contributed by atoms with van der Waals surface area (Å²) in [6.07, 6.45) is 12.4. The fourth-order valence-corrected chi connectivity index (χ4v) is 12.0. The van der Waals surface area contributed by atoms with E-state index in [1.807, 2.05) is 103 Å². The minimum absolute atomic E-state index is 0. The summed E-state index contributed by atoms with van der Waals surface area (Å²) in [7, 11) is 0. The second-order valence-electron chi connectivity index (χ2n) is 22.9. The maximum atomic E-state index is 13.2. The van der Waals surface area contributed by atoms with Crippen molar-refractivity contribution < 1.29 is 106 Å². The van der Waals surface area contributed by atoms with Gasteiger partial charge in [-0.3, -0.25) is 8.78 Å². The topological polar surface area (TPSA) is 150 Å². The molecule has 14 rings (SSSR count). The number of carboxylic acids is 1. The molecular formula is C88H80F2N7O3Pt3Rh-5. The quantitative estimate of drug-likeness (QED) is 0.0843. The molecule has 0 spiro atoms. The van der Waals surface area contributed by atoms with Crippen molar-refractivity contribution in [2.24, 2.45) is 0 Å². The molecule has 543 valence electrons. The Morgan fingerprint density at radius 1 is 0.404 bits per heavy atom. The molecular weight excluding hydrogens is 1930 g/mol. The number of aromatic hydroxyl groups is 1. The Labute approximate surface area is 666 Å². The molecule has 16 heteroatoms. The van der Waals surface area contributed by atoms with Crippen LogP contribution in [0.2, 0.25) is 0 Å². The van der Waals surface area contributed by atoms with Crippen molar-refractivity contribution in [2.75, 3.05) is 0 Å². The van der Waals surface area contributed by atoms with Gasteiger partial charge in [0.15, 0.2) is 0 Å². The number of pyridine rings is 3. The predicted octanol–water partition coefficient (Wildman–Crippen LogP) is 21.2. The normalized spacial score (nSPS) is 10.8. The van der Waals surface area contributed by atoms with E-state index in [9.17, 15) is 13.6 Å². The van der Waals surface area contributed by atoms with Crippen LogP contribution in [-0.2, 0) is 108 Å². The van der Waals surface area contributed by atoms with E-state index in [0.29, 0.717) is 11.4 Å². The van der Waals surface area contributed by atoms with Gasteiger partial charge in [-0.15, -0.1) is 88.3 Å². The molecule has 12 aromatic rings. The minimum atomic E-state index is -0.990. The molecule has 0 aliphatic carbocycles. The summed E-state index contributed by atoms with van der Waals surface area (Å²) in [4.78, 5) is 42.9. The third-order valence-corrected chi connectivity index (χ3v) is 16.7. The van der Waals surface area contributed by atoms with Gasteiger partial charge in [-0.1, -0.05) is 162 Å². The van der Waals surface area contributed by atoms with E-state index in [4.69, 9.17) is 30.1 Å². The number of aromatic nitrogens is 7. The summed E-state index contributed by atoms with van der Waals surface area (Å²) >= 11 is 0. The van der Waals surface area contributed by atoms with Crippen LogP contribution in [0.15, 0.2) is 231 Å². The van der Waals surface area contributed by atoms with Gasteiger partial charge in [-0.25, -0.2) is 48.1 Å². The van der Waals surface area contributed by atoms with Crippen molar-refractivity contribution in [1.82, 2.24) is 34.9 Å². The maximum absolute atomic E-state index is 13.2. The molecule has 10 nitrogen and oxygen atoms in total. The number of phenolic OH excluding ortho intramolecular Hbond substituents is 1. The molecule has 0 atom stereocenters. The number of hydrogen-bond acceptors (Lipinski definition) is 7. The SMILES string of the molecule is CCC1=C(CC)c2cc3[n-]c(cc4nc(cc5[n-]c(cc1n2)c(CC)c5CC)C(CC)=C4CC)c(CC)c3CC.Fc1c[c-]c(-c2ccccn2)c(F)c1.O=C(O)c1ccccn1.Oc1ccccc1.[Pt+2].[Pt].[Pt].[Rh].[c-]1ccccc1-c1[c-]c(-c2[c-]cccc2)ccc1.[c-]1ccccc1-c1ccccn1. The molecule has 8 bridgehead atoms. The zero-order valence-electron chi connectivity index (χ0n) is 59.1. The monoisotopic (exact) mass is 2010 g/mol. The standard InChI is InChI=1S/C36H44N4.C18H11.C11H6F2N.C11H8N.C6H5NO2.C6H6O.3Pt.Rh/c1-9-21-22(10-2)30-18-32-25(13-5)26(14-6)34(39-32)20-36-28(16-8)27(15-7)35(40-36)19-33-24(12-4)23(11-3)31(38-33)17-29(21)37-30;1-3-8-15(9-4-1)17-12-7-13-18(14-17)16-10-5-2-6-11-16;12-8-4-5-9(10(13)7-8)11-3-1-2-6-14-11;1-2-6-10(7-3-1)11-8-4-5-9-12-11;8-6(9)5-3-1-2-4-7-5;7-6-4-2-1-3-5-6;;;;/h17-20H,9-16H2,1-8H3;1-8,10,12-13H;1-4,6-7H;1-6,8-9H;1-4H,(H,8,9);1-5,7H;;;;/q-2;-3;2*-1;;;;;+2;. The number of fused-ring (bicyclic) bond motifs is 8. The summed E-state index contributed by atoms with van der Waals surface area (Å²) in [5, 5.41) is 17.0. The first-order valence-electron chi connectivity index (χ1n) is 34.0. The van der Waals surface area contributed by atoms with Crippen molar-refractivity contribution in [3.05, 3.63) is 324 Å². The van der Waals surface area contributed by atoms with Gasteiger partial charge in [0.25, 0.3) is 0 Å². The number of rotatable bonds is 13. The van der Waals surface area contributed by atoms with E-state index in [1.54, 1.807) is 67.0 Å². The number of phenols is 1. The molecule has 0 unspecified atom stereocenters. The number of allylic oxidation sites excluding steroid dienone is 4. The Morgan fingerprint density at radius 3 is 1.08 bits per heavy atom. The number of aryl methyl sites for hydroxylation is 4. The molecule has 0 saturated heterocycles. The molecule has 6 aromatic carbocycles.